The van der Waals surface area contributed by atoms with Crippen LogP contribution in [0.15, 0.2) is 75.4 Å². The fourth-order valence-corrected chi connectivity index (χ4v) is 5.53. The highest BCUT2D eigenvalue weighted by Gasteiger charge is 2.36. The van der Waals surface area contributed by atoms with Crippen molar-refractivity contribution in [2.24, 2.45) is 10.4 Å². The molecule has 1 N–H and O–H groups in total. The van der Waals surface area contributed by atoms with Crippen molar-refractivity contribution in [1.82, 2.24) is 5.16 Å². The summed E-state index contributed by atoms with van der Waals surface area (Å²) in [6.07, 6.45) is 2.36. The second-order valence-electron chi connectivity index (χ2n) is 10.9. The van der Waals surface area contributed by atoms with E-state index in [2.05, 4.69) is 5.16 Å². The van der Waals surface area contributed by atoms with Crippen LogP contribution in [0, 0.1) is 5.41 Å². The van der Waals surface area contributed by atoms with E-state index in [9.17, 15) is 14.7 Å². The number of methoxy groups -OCH3 is 1. The summed E-state index contributed by atoms with van der Waals surface area (Å²) in [7, 11) is 1.56. The number of allylic oxidation sites excluding steroid dienone is 2. The maximum Gasteiger partial charge on any atom is 0.168 e. The van der Waals surface area contributed by atoms with Crippen LogP contribution in [0.2, 0.25) is 0 Å². The fraction of sp³-hybridized carbons (Fsp3) is 0.355. The summed E-state index contributed by atoms with van der Waals surface area (Å²) in [6.45, 7) is 3.93. The van der Waals surface area contributed by atoms with Crippen molar-refractivity contribution in [3.63, 3.8) is 0 Å². The molecule has 196 valence electrons. The number of rotatable bonds is 7. The molecule has 5 rings (SSSR count). The quantitative estimate of drug-likeness (QED) is 0.363. The number of aliphatic hydroxyl groups is 1. The predicted molar refractivity (Wildman–Crippen MR) is 144 cm³/mol. The van der Waals surface area contributed by atoms with Gasteiger partial charge in [0.2, 0.25) is 0 Å². The third kappa shape index (κ3) is 5.19. The Hall–Kier alpha value is -4.00. The van der Waals surface area contributed by atoms with Crippen LogP contribution >= 0.6 is 0 Å². The Labute approximate surface area is 222 Å². The molecule has 1 heterocycles. The first kappa shape index (κ1) is 25.6. The molecule has 1 aromatic heterocycles. The lowest BCUT2D eigenvalue weighted by atomic mass is 9.75. The molecule has 0 fully saturated rings. The minimum Gasteiger partial charge on any atom is -0.511 e. The van der Waals surface area contributed by atoms with Crippen LogP contribution in [0.25, 0.3) is 0 Å². The Balaban J connectivity index is 1.46. The molecule has 1 unspecified atom stereocenters. The van der Waals surface area contributed by atoms with E-state index in [1.165, 1.54) is 0 Å². The van der Waals surface area contributed by atoms with Crippen LogP contribution in [0.3, 0.4) is 0 Å². The van der Waals surface area contributed by atoms with Gasteiger partial charge in [-0.25, -0.2) is 4.99 Å². The number of ether oxygens (including phenoxy) is 1. The van der Waals surface area contributed by atoms with Crippen LogP contribution in [0.4, 0.5) is 5.69 Å². The predicted octanol–water partition coefficient (Wildman–Crippen LogP) is 6.50. The number of aryl methyl sites for hydroxylation is 1. The normalized spacial score (nSPS) is 19.4. The van der Waals surface area contributed by atoms with Gasteiger partial charge in [-0.1, -0.05) is 61.5 Å². The van der Waals surface area contributed by atoms with E-state index in [1.54, 1.807) is 19.2 Å². The third-order valence-corrected chi connectivity index (χ3v) is 7.33. The monoisotopic (exact) mass is 512 g/mol. The van der Waals surface area contributed by atoms with Gasteiger partial charge in [-0.2, -0.15) is 0 Å². The lowest BCUT2D eigenvalue weighted by molar-refractivity contribution is -0.118. The first-order valence-corrected chi connectivity index (χ1v) is 13.0. The van der Waals surface area contributed by atoms with Crippen molar-refractivity contribution in [1.29, 1.82) is 0 Å². The molecule has 0 amide bonds. The van der Waals surface area contributed by atoms with Crippen molar-refractivity contribution in [3.8, 4) is 5.75 Å². The Morgan fingerprint density at radius 1 is 1.05 bits per heavy atom. The van der Waals surface area contributed by atoms with Crippen LogP contribution in [-0.2, 0) is 17.6 Å². The number of benzene rings is 2. The second kappa shape index (κ2) is 10.4. The van der Waals surface area contributed by atoms with E-state index < -0.39 is 0 Å². The number of hydrogen-bond acceptors (Lipinski definition) is 7. The van der Waals surface area contributed by atoms with Gasteiger partial charge in [0, 0.05) is 25.7 Å². The number of aromatic nitrogens is 1. The highest BCUT2D eigenvalue weighted by Crippen LogP contribution is 2.39. The van der Waals surface area contributed by atoms with E-state index in [4.69, 9.17) is 14.3 Å². The number of hydrogen-bond donors (Lipinski definition) is 1. The smallest absolute Gasteiger partial charge is 0.168 e. The molecule has 0 saturated carbocycles. The lowest BCUT2D eigenvalue weighted by Gasteiger charge is -2.30. The third-order valence-electron chi connectivity index (χ3n) is 7.33. The Morgan fingerprint density at radius 3 is 2.53 bits per heavy atom. The van der Waals surface area contributed by atoms with E-state index >= 15 is 0 Å². The van der Waals surface area contributed by atoms with Gasteiger partial charge in [0.05, 0.1) is 29.7 Å². The molecule has 0 radical (unpaired) electrons. The molecule has 2 aliphatic carbocycles. The molecule has 0 spiro atoms. The summed E-state index contributed by atoms with van der Waals surface area (Å²) in [5.74, 6) is 1.14. The minimum atomic E-state index is -0.326. The maximum atomic E-state index is 13.2. The molecule has 7 heteroatoms. The molecule has 3 aromatic rings. The average Bonchev–Trinajstić information content (AvgIpc) is 3.30. The molecule has 7 nitrogen and oxygen atoms in total. The number of Topliss-reactive ketones (excluding diaryl/α,β-unsaturated/α-hetero) is 2. The number of nitrogens with zero attached hydrogens (tertiary/aromatic N) is 2. The summed E-state index contributed by atoms with van der Waals surface area (Å²) in [4.78, 5) is 31.2. The van der Waals surface area contributed by atoms with E-state index in [0.717, 1.165) is 5.56 Å². The van der Waals surface area contributed by atoms with Gasteiger partial charge in [-0.15, -0.1) is 0 Å². The van der Waals surface area contributed by atoms with Gasteiger partial charge in [-0.3, -0.25) is 9.59 Å². The van der Waals surface area contributed by atoms with Crippen LogP contribution in [0.5, 0.6) is 5.75 Å². The number of aliphatic hydroxyl groups excluding tert-OH is 1. The number of ketones is 2. The van der Waals surface area contributed by atoms with Crippen LogP contribution in [-0.4, -0.2) is 34.7 Å². The van der Waals surface area contributed by atoms with Crippen molar-refractivity contribution in [2.45, 2.75) is 58.3 Å². The SMILES string of the molecule is COc1ccccc1N=C(CCc1noc2c1C(=O)CC(c1ccccc1)C2)C1=C(O)CC(C)(C)CC1=O. The van der Waals surface area contributed by atoms with Crippen LogP contribution in [0.1, 0.15) is 72.8 Å². The summed E-state index contributed by atoms with van der Waals surface area (Å²) < 4.78 is 11.1. The van der Waals surface area contributed by atoms with Crippen molar-refractivity contribution >= 4 is 23.0 Å². The molecule has 0 aliphatic heterocycles. The number of aliphatic imine (C=N–C) groups is 1. The second-order valence-corrected chi connectivity index (χ2v) is 10.9. The number of carbonyl (C=O) groups excluding carboxylic acids is 2. The zero-order valence-corrected chi connectivity index (χ0v) is 22.0. The highest BCUT2D eigenvalue weighted by atomic mass is 16.5. The Morgan fingerprint density at radius 2 is 1.79 bits per heavy atom. The van der Waals surface area contributed by atoms with Crippen molar-refractivity contribution in [3.05, 3.63) is 88.5 Å². The molecular weight excluding hydrogens is 480 g/mol. The summed E-state index contributed by atoms with van der Waals surface area (Å²) in [6, 6.07) is 17.3. The molecule has 0 saturated heterocycles. The molecule has 2 aliphatic rings. The largest absolute Gasteiger partial charge is 0.511 e. The average molecular weight is 513 g/mol. The van der Waals surface area contributed by atoms with Crippen molar-refractivity contribution < 1.29 is 24.0 Å². The van der Waals surface area contributed by atoms with E-state index in [-0.39, 0.29) is 34.2 Å². The summed E-state index contributed by atoms with van der Waals surface area (Å²) in [5, 5.41) is 15.2. The number of fused-ring (bicyclic) bond motifs is 1. The van der Waals surface area contributed by atoms with Gasteiger partial charge in [0.1, 0.15) is 23.0 Å². The zero-order chi connectivity index (χ0) is 26.9. The first-order chi connectivity index (χ1) is 18.3. The summed E-state index contributed by atoms with van der Waals surface area (Å²) >= 11 is 0. The standard InChI is InChI=1S/C31H32N2O5/c1-31(2)17-25(35)29(26(36)18-31)22(32-21-11-7-8-12-27(21)37-3)13-14-23-30-24(34)15-20(16-28(30)38-33-23)19-9-5-4-6-10-19/h4-12,20,35H,13-18H2,1-3H3. The fourth-order valence-electron chi connectivity index (χ4n) is 5.53. The molecule has 2 aromatic carbocycles. The van der Waals surface area contributed by atoms with Gasteiger partial charge in [0.15, 0.2) is 11.6 Å². The molecule has 1 atom stereocenters. The zero-order valence-electron chi connectivity index (χ0n) is 22.0. The first-order valence-electron chi connectivity index (χ1n) is 13.0. The van der Waals surface area contributed by atoms with Gasteiger partial charge >= 0.3 is 0 Å². The van der Waals surface area contributed by atoms with Crippen molar-refractivity contribution in [2.75, 3.05) is 7.11 Å². The number of carbonyl (C=O) groups is 2. The van der Waals surface area contributed by atoms with Crippen LogP contribution < -0.4 is 4.74 Å². The minimum absolute atomic E-state index is 0.0112. The van der Waals surface area contributed by atoms with Gasteiger partial charge in [0.25, 0.3) is 0 Å². The molecule has 38 heavy (non-hydrogen) atoms. The Kier molecular flexibility index (Phi) is 7.02. The molecule has 0 bridgehead atoms. The van der Waals surface area contributed by atoms with E-state index in [0.29, 0.717) is 72.7 Å². The molecular formula is C31H32N2O5. The van der Waals surface area contributed by atoms with Gasteiger partial charge < -0.3 is 14.4 Å². The lowest BCUT2D eigenvalue weighted by Crippen LogP contribution is -2.29. The maximum absolute atomic E-state index is 13.2. The Bertz CT molecular complexity index is 1430. The van der Waals surface area contributed by atoms with E-state index in [1.807, 2.05) is 56.3 Å². The van der Waals surface area contributed by atoms with Gasteiger partial charge in [-0.05, 0) is 41.9 Å². The topological polar surface area (TPSA) is 102 Å². The number of para-hydroxylation sites is 2. The summed E-state index contributed by atoms with van der Waals surface area (Å²) in [5.41, 5.74) is 3.16. The highest BCUT2D eigenvalue weighted by molar-refractivity contribution is 6.24.